The number of carbonyl (C=O) groups is 1. The maximum Gasteiger partial charge on any atom is 0.357 e. The highest BCUT2D eigenvalue weighted by molar-refractivity contribution is 7.26. The van der Waals surface area contributed by atoms with Crippen LogP contribution in [0.25, 0.3) is 20.0 Å². The van der Waals surface area contributed by atoms with Gasteiger partial charge in [0.05, 0.1) is 28.4 Å². The van der Waals surface area contributed by atoms with E-state index in [9.17, 15) is 10.1 Å². The van der Waals surface area contributed by atoms with Crippen LogP contribution in [0.5, 0.6) is 5.75 Å². The van der Waals surface area contributed by atoms with E-state index in [0.29, 0.717) is 17.0 Å². The van der Waals surface area contributed by atoms with Crippen LogP contribution in [-0.2, 0) is 4.74 Å². The molecular formula is C18H16N2O3S2. The van der Waals surface area contributed by atoms with Gasteiger partial charge >= 0.3 is 5.97 Å². The Kier molecular flexibility index (Phi) is 4.75. The molecule has 0 atom stereocenters. The monoisotopic (exact) mass is 372 g/mol. The summed E-state index contributed by atoms with van der Waals surface area (Å²) in [6.07, 6.45) is 0.0336. The molecule has 0 unspecified atom stereocenters. The molecule has 25 heavy (non-hydrogen) atoms. The Labute approximate surface area is 153 Å². The highest BCUT2D eigenvalue weighted by atomic mass is 32.1. The number of nitrogens with zero attached hydrogens (tertiary/aromatic N) is 2. The number of thiophene rings is 1. The number of benzene rings is 1. The van der Waals surface area contributed by atoms with Crippen LogP contribution in [0.15, 0.2) is 18.2 Å². The van der Waals surface area contributed by atoms with E-state index >= 15 is 0 Å². The van der Waals surface area contributed by atoms with Gasteiger partial charge in [-0.05, 0) is 44.4 Å². The third-order valence-corrected chi connectivity index (χ3v) is 5.79. The SMILES string of the molecule is COC(=O)c1nc(-c2cc3cc(OC(C)C)cc(C#N)c3s2)sc1C. The number of methoxy groups -OCH3 is 1. The average molecular weight is 372 g/mol. The van der Waals surface area contributed by atoms with Crippen LogP contribution in [0.1, 0.15) is 34.8 Å². The van der Waals surface area contributed by atoms with Crippen molar-refractivity contribution in [1.29, 1.82) is 5.26 Å². The van der Waals surface area contributed by atoms with Crippen molar-refractivity contribution in [2.24, 2.45) is 0 Å². The van der Waals surface area contributed by atoms with Crippen LogP contribution in [-0.4, -0.2) is 24.2 Å². The maximum absolute atomic E-state index is 11.8. The van der Waals surface area contributed by atoms with Gasteiger partial charge in [-0.15, -0.1) is 22.7 Å². The van der Waals surface area contributed by atoms with E-state index in [-0.39, 0.29) is 6.10 Å². The van der Waals surface area contributed by atoms with Crippen molar-refractivity contribution < 1.29 is 14.3 Å². The number of hydrogen-bond acceptors (Lipinski definition) is 7. The van der Waals surface area contributed by atoms with Crippen molar-refractivity contribution in [3.8, 4) is 21.7 Å². The van der Waals surface area contributed by atoms with Gasteiger partial charge in [0.15, 0.2) is 5.69 Å². The molecule has 0 fully saturated rings. The van der Waals surface area contributed by atoms with Gasteiger partial charge in [0.25, 0.3) is 0 Å². The first-order valence-electron chi connectivity index (χ1n) is 7.63. The van der Waals surface area contributed by atoms with Crippen LogP contribution in [0.2, 0.25) is 0 Å². The number of aryl methyl sites for hydroxylation is 1. The Morgan fingerprint density at radius 1 is 1.28 bits per heavy atom. The molecule has 0 aliphatic carbocycles. The number of thiazole rings is 1. The van der Waals surface area contributed by atoms with Crippen LogP contribution >= 0.6 is 22.7 Å². The normalized spacial score (nSPS) is 10.9. The maximum atomic E-state index is 11.8. The first kappa shape index (κ1) is 17.4. The topological polar surface area (TPSA) is 72.2 Å². The van der Waals surface area contributed by atoms with Crippen molar-refractivity contribution in [2.75, 3.05) is 7.11 Å². The van der Waals surface area contributed by atoms with Crippen molar-refractivity contribution in [3.63, 3.8) is 0 Å². The van der Waals surface area contributed by atoms with Crippen molar-refractivity contribution in [1.82, 2.24) is 4.98 Å². The second-order valence-corrected chi connectivity index (χ2v) is 7.95. The van der Waals surface area contributed by atoms with Crippen LogP contribution in [0.4, 0.5) is 0 Å². The molecule has 0 aliphatic heterocycles. The predicted molar refractivity (Wildman–Crippen MR) is 99.5 cm³/mol. The quantitative estimate of drug-likeness (QED) is 0.616. The van der Waals surface area contributed by atoms with Gasteiger partial charge < -0.3 is 9.47 Å². The highest BCUT2D eigenvalue weighted by Crippen LogP contribution is 2.39. The molecule has 0 amide bonds. The molecule has 2 heterocycles. The van der Waals surface area contributed by atoms with Gasteiger partial charge in [-0.25, -0.2) is 9.78 Å². The Bertz CT molecular complexity index is 996. The van der Waals surface area contributed by atoms with E-state index in [1.54, 1.807) is 6.07 Å². The minimum Gasteiger partial charge on any atom is -0.491 e. The minimum atomic E-state index is -0.438. The number of aromatic nitrogens is 1. The summed E-state index contributed by atoms with van der Waals surface area (Å²) in [5.41, 5.74) is 0.912. The average Bonchev–Trinajstić information content (AvgIpc) is 3.16. The van der Waals surface area contributed by atoms with Gasteiger partial charge in [0, 0.05) is 4.88 Å². The van der Waals surface area contributed by atoms with Crippen molar-refractivity contribution >= 4 is 38.7 Å². The third-order valence-electron chi connectivity index (χ3n) is 3.47. The summed E-state index contributed by atoms with van der Waals surface area (Å²) in [6, 6.07) is 7.90. The summed E-state index contributed by atoms with van der Waals surface area (Å²) in [5.74, 6) is 0.236. The number of carbonyl (C=O) groups excluding carboxylic acids is 1. The van der Waals surface area contributed by atoms with Gasteiger partial charge in [-0.1, -0.05) is 0 Å². The molecule has 0 saturated carbocycles. The molecule has 128 valence electrons. The zero-order chi connectivity index (χ0) is 18.1. The predicted octanol–water partition coefficient (Wildman–Crippen LogP) is 4.78. The van der Waals surface area contributed by atoms with E-state index in [1.165, 1.54) is 29.8 Å². The lowest BCUT2D eigenvalue weighted by atomic mass is 10.1. The zero-order valence-electron chi connectivity index (χ0n) is 14.2. The van der Waals surface area contributed by atoms with Gasteiger partial charge in [-0.3, -0.25) is 0 Å². The minimum absolute atomic E-state index is 0.0336. The number of rotatable bonds is 4. The molecule has 7 heteroatoms. The molecule has 0 saturated heterocycles. The number of nitriles is 1. The molecule has 3 rings (SSSR count). The fourth-order valence-corrected chi connectivity index (χ4v) is 4.49. The largest absolute Gasteiger partial charge is 0.491 e. The third kappa shape index (κ3) is 3.36. The molecule has 5 nitrogen and oxygen atoms in total. The zero-order valence-corrected chi connectivity index (χ0v) is 15.9. The Balaban J connectivity index is 2.10. The summed E-state index contributed by atoms with van der Waals surface area (Å²) in [6.45, 7) is 5.74. The van der Waals surface area contributed by atoms with Crippen molar-refractivity contribution in [3.05, 3.63) is 34.3 Å². The molecule has 0 N–H and O–H groups in total. The fraction of sp³-hybridized carbons (Fsp3) is 0.278. The Hall–Kier alpha value is -2.43. The summed E-state index contributed by atoms with van der Waals surface area (Å²) >= 11 is 2.93. The van der Waals surface area contributed by atoms with Crippen LogP contribution in [0, 0.1) is 18.3 Å². The van der Waals surface area contributed by atoms with E-state index in [2.05, 4.69) is 11.1 Å². The Morgan fingerprint density at radius 3 is 2.68 bits per heavy atom. The molecule has 0 aliphatic rings. The van der Waals surface area contributed by atoms with Gasteiger partial charge in [0.2, 0.25) is 0 Å². The number of esters is 1. The lowest BCUT2D eigenvalue weighted by Gasteiger charge is -2.09. The second-order valence-electron chi connectivity index (χ2n) is 5.69. The second kappa shape index (κ2) is 6.82. The summed E-state index contributed by atoms with van der Waals surface area (Å²) in [7, 11) is 1.34. The lowest BCUT2D eigenvalue weighted by Crippen LogP contribution is -2.05. The van der Waals surface area contributed by atoms with Crippen LogP contribution < -0.4 is 4.74 Å². The standard InChI is InChI=1S/C18H16N2O3S2/c1-9(2)23-13-5-11-7-14(25-16(11)12(6-13)8-19)17-20-15(10(3)24-17)18(21)22-4/h5-7,9H,1-4H3. The molecule has 0 radical (unpaired) electrons. The van der Waals surface area contributed by atoms with Gasteiger partial charge in [-0.2, -0.15) is 5.26 Å². The lowest BCUT2D eigenvalue weighted by molar-refractivity contribution is 0.0594. The molecular weight excluding hydrogens is 356 g/mol. The van der Waals surface area contributed by atoms with Gasteiger partial charge in [0.1, 0.15) is 16.8 Å². The number of fused-ring (bicyclic) bond motifs is 1. The molecule has 1 aromatic carbocycles. The smallest absolute Gasteiger partial charge is 0.357 e. The number of hydrogen-bond donors (Lipinski definition) is 0. The van der Waals surface area contributed by atoms with Crippen molar-refractivity contribution in [2.45, 2.75) is 26.9 Å². The molecule has 0 bridgehead atoms. The molecule has 0 spiro atoms. The summed E-state index contributed by atoms with van der Waals surface area (Å²) in [4.78, 5) is 17.9. The highest BCUT2D eigenvalue weighted by Gasteiger charge is 2.19. The van der Waals surface area contributed by atoms with Crippen LogP contribution in [0.3, 0.4) is 0 Å². The first-order chi connectivity index (χ1) is 11.9. The fourth-order valence-electron chi connectivity index (χ4n) is 2.44. The number of ether oxygens (including phenoxy) is 2. The molecule has 2 aromatic heterocycles. The van der Waals surface area contributed by atoms with E-state index in [0.717, 1.165) is 24.8 Å². The van der Waals surface area contributed by atoms with E-state index in [4.69, 9.17) is 9.47 Å². The Morgan fingerprint density at radius 2 is 2.04 bits per heavy atom. The first-order valence-corrected chi connectivity index (χ1v) is 9.26. The summed E-state index contributed by atoms with van der Waals surface area (Å²) < 4.78 is 11.4. The molecule has 3 aromatic rings. The summed E-state index contributed by atoms with van der Waals surface area (Å²) in [5, 5.41) is 11.1. The van der Waals surface area contributed by atoms with E-state index in [1.807, 2.05) is 32.9 Å². The van der Waals surface area contributed by atoms with E-state index < -0.39 is 5.97 Å².